The van der Waals surface area contributed by atoms with Crippen molar-refractivity contribution in [3.05, 3.63) is 0 Å². The number of nitrogens with one attached hydrogen (secondary N) is 1. The van der Waals surface area contributed by atoms with Gasteiger partial charge in [-0.1, -0.05) is 37.8 Å². The van der Waals surface area contributed by atoms with E-state index in [1.165, 1.54) is 25.7 Å². The van der Waals surface area contributed by atoms with E-state index in [0.29, 0.717) is 6.04 Å². The molecule has 0 saturated heterocycles. The Balaban J connectivity index is 3.60. The molecule has 4 N–H and O–H groups in total. The summed E-state index contributed by atoms with van der Waals surface area (Å²) in [4.78, 5) is 0. The smallest absolute Gasteiger partial charge is 0.156 e. The molecule has 0 aliphatic carbocycles. The first-order valence-corrected chi connectivity index (χ1v) is 5.85. The van der Waals surface area contributed by atoms with Crippen LogP contribution in [0.15, 0.2) is 5.16 Å². The lowest BCUT2D eigenvalue weighted by molar-refractivity contribution is 0.314. The van der Waals surface area contributed by atoms with Gasteiger partial charge in [0.25, 0.3) is 0 Å². The number of nitrogens with two attached hydrogens (primary N) is 1. The number of unbranched alkanes of at least 4 members (excludes halogenated alkanes) is 3. The van der Waals surface area contributed by atoms with Gasteiger partial charge in [-0.25, -0.2) is 0 Å². The zero-order chi connectivity index (χ0) is 11.7. The Morgan fingerprint density at radius 1 is 1.33 bits per heavy atom. The van der Waals surface area contributed by atoms with E-state index in [9.17, 15) is 0 Å². The lowest BCUT2D eigenvalue weighted by Crippen LogP contribution is -2.43. The van der Waals surface area contributed by atoms with E-state index in [0.717, 1.165) is 6.42 Å². The van der Waals surface area contributed by atoms with Crippen molar-refractivity contribution < 1.29 is 5.21 Å². The number of rotatable bonds is 8. The van der Waals surface area contributed by atoms with E-state index in [1.54, 1.807) is 0 Å². The second kappa shape index (κ2) is 8.53. The summed E-state index contributed by atoms with van der Waals surface area (Å²) in [5, 5.41) is 14.8. The lowest BCUT2D eigenvalue weighted by Gasteiger charge is -2.18. The third-order valence-electron chi connectivity index (χ3n) is 2.58. The highest BCUT2D eigenvalue weighted by atomic mass is 16.4. The first-order valence-electron chi connectivity index (χ1n) is 5.85. The third-order valence-corrected chi connectivity index (χ3v) is 2.58. The van der Waals surface area contributed by atoms with Gasteiger partial charge in [0.05, 0.1) is 6.04 Å². The number of oxime groups is 1. The Bertz CT molecular complexity index is 183. The van der Waals surface area contributed by atoms with E-state index >= 15 is 0 Å². The summed E-state index contributed by atoms with van der Waals surface area (Å²) in [6.45, 7) is 6.24. The van der Waals surface area contributed by atoms with E-state index in [-0.39, 0.29) is 11.9 Å². The van der Waals surface area contributed by atoms with E-state index in [4.69, 9.17) is 10.9 Å². The topological polar surface area (TPSA) is 70.6 Å². The molecule has 0 fully saturated rings. The molecular formula is C11H25N3O. The summed E-state index contributed by atoms with van der Waals surface area (Å²) in [5.41, 5.74) is 5.48. The molecule has 0 rings (SSSR count). The van der Waals surface area contributed by atoms with Crippen LogP contribution in [0.3, 0.4) is 0 Å². The van der Waals surface area contributed by atoms with Crippen LogP contribution in [0.1, 0.15) is 52.9 Å². The molecule has 0 amide bonds. The first kappa shape index (κ1) is 14.2. The third kappa shape index (κ3) is 7.19. The molecule has 0 aromatic rings. The molecule has 4 nitrogen and oxygen atoms in total. The van der Waals surface area contributed by atoms with Crippen molar-refractivity contribution in [3.63, 3.8) is 0 Å². The van der Waals surface area contributed by atoms with Crippen molar-refractivity contribution in [2.45, 2.75) is 65.0 Å². The molecule has 0 radical (unpaired) electrons. The van der Waals surface area contributed by atoms with Gasteiger partial charge < -0.3 is 16.3 Å². The second-order valence-corrected chi connectivity index (χ2v) is 4.16. The fourth-order valence-electron chi connectivity index (χ4n) is 1.56. The lowest BCUT2D eigenvalue weighted by atomic mass is 10.1. The Kier molecular flexibility index (Phi) is 8.09. The van der Waals surface area contributed by atoms with Crippen molar-refractivity contribution in [2.75, 3.05) is 0 Å². The number of nitrogens with zero attached hydrogens (tertiary/aromatic N) is 1. The van der Waals surface area contributed by atoms with Gasteiger partial charge in [0, 0.05) is 6.04 Å². The minimum Gasteiger partial charge on any atom is -0.409 e. The molecule has 0 spiro atoms. The number of hydrogen-bond donors (Lipinski definition) is 3. The predicted molar refractivity (Wildman–Crippen MR) is 64.2 cm³/mol. The maximum Gasteiger partial charge on any atom is 0.156 e. The minimum absolute atomic E-state index is 0.0591. The van der Waals surface area contributed by atoms with Gasteiger partial charge in [-0.3, -0.25) is 0 Å². The molecule has 4 heteroatoms. The molecule has 0 aliphatic heterocycles. The first-order chi connectivity index (χ1) is 7.11. The number of hydrogen-bond acceptors (Lipinski definition) is 3. The maximum atomic E-state index is 8.49. The Labute approximate surface area is 92.9 Å². The maximum absolute atomic E-state index is 8.49. The van der Waals surface area contributed by atoms with Crippen molar-refractivity contribution in [2.24, 2.45) is 10.9 Å². The van der Waals surface area contributed by atoms with E-state index in [1.807, 2.05) is 6.92 Å². The molecule has 2 unspecified atom stereocenters. The van der Waals surface area contributed by atoms with Crippen LogP contribution in [0.5, 0.6) is 0 Å². The summed E-state index contributed by atoms with van der Waals surface area (Å²) in [6, 6.07) is 0.355. The summed E-state index contributed by atoms with van der Waals surface area (Å²) < 4.78 is 0. The summed E-state index contributed by atoms with van der Waals surface area (Å²) in [6.07, 6.45) is 6.25. The molecule has 2 atom stereocenters. The molecule has 90 valence electrons. The molecule has 0 heterocycles. The van der Waals surface area contributed by atoms with Crippen molar-refractivity contribution >= 4 is 5.84 Å². The van der Waals surface area contributed by atoms with Gasteiger partial charge in [-0.2, -0.15) is 0 Å². The molecule has 0 aromatic carbocycles. The van der Waals surface area contributed by atoms with Gasteiger partial charge in [0.1, 0.15) is 0 Å². The highest BCUT2D eigenvalue weighted by Gasteiger charge is 2.10. The van der Waals surface area contributed by atoms with Crippen molar-refractivity contribution in [1.29, 1.82) is 0 Å². The monoisotopic (exact) mass is 215 g/mol. The minimum atomic E-state index is -0.0591. The van der Waals surface area contributed by atoms with Gasteiger partial charge in [0.2, 0.25) is 0 Å². The number of amidine groups is 1. The summed E-state index contributed by atoms with van der Waals surface area (Å²) in [7, 11) is 0. The quantitative estimate of drug-likeness (QED) is 0.191. The molecule has 0 bridgehead atoms. The molecule has 0 aromatic heterocycles. The van der Waals surface area contributed by atoms with Crippen LogP contribution in [0.25, 0.3) is 0 Å². The molecule has 15 heavy (non-hydrogen) atoms. The standard InChI is InChI=1S/C11H25N3O/c1-4-5-6-7-8-9(2)13-10(3)11(12)14-15/h9-10,13,15H,4-8H2,1-3H3,(H2,12,14). The molecular weight excluding hydrogens is 190 g/mol. The van der Waals surface area contributed by atoms with Crippen molar-refractivity contribution in [1.82, 2.24) is 5.32 Å². The predicted octanol–water partition coefficient (Wildman–Crippen LogP) is 2.07. The van der Waals surface area contributed by atoms with Gasteiger partial charge >= 0.3 is 0 Å². The Hall–Kier alpha value is -0.770. The second-order valence-electron chi connectivity index (χ2n) is 4.16. The molecule has 0 saturated carbocycles. The summed E-state index contributed by atoms with van der Waals surface area (Å²) in [5.74, 6) is 0.246. The fraction of sp³-hybridized carbons (Fsp3) is 0.909. The fourth-order valence-corrected chi connectivity index (χ4v) is 1.56. The molecule has 0 aliphatic rings. The van der Waals surface area contributed by atoms with Gasteiger partial charge in [-0.15, -0.1) is 0 Å². The van der Waals surface area contributed by atoms with Gasteiger partial charge in [0.15, 0.2) is 5.84 Å². The van der Waals surface area contributed by atoms with Crippen LogP contribution in [-0.2, 0) is 0 Å². The van der Waals surface area contributed by atoms with Crippen molar-refractivity contribution in [3.8, 4) is 0 Å². The van der Waals surface area contributed by atoms with E-state index < -0.39 is 0 Å². The highest BCUT2D eigenvalue weighted by molar-refractivity contribution is 5.84. The highest BCUT2D eigenvalue weighted by Crippen LogP contribution is 2.05. The van der Waals surface area contributed by atoms with Crippen LogP contribution in [0.4, 0.5) is 0 Å². The Morgan fingerprint density at radius 3 is 2.53 bits per heavy atom. The zero-order valence-electron chi connectivity index (χ0n) is 10.2. The SMILES string of the molecule is CCCCCCC(C)NC(C)C(N)=NO. The van der Waals surface area contributed by atoms with Crippen LogP contribution in [0, 0.1) is 0 Å². The van der Waals surface area contributed by atoms with Crippen LogP contribution in [0.2, 0.25) is 0 Å². The summed E-state index contributed by atoms with van der Waals surface area (Å²) >= 11 is 0. The Morgan fingerprint density at radius 2 is 2.00 bits per heavy atom. The van der Waals surface area contributed by atoms with Gasteiger partial charge in [-0.05, 0) is 20.3 Å². The zero-order valence-corrected chi connectivity index (χ0v) is 10.2. The normalized spacial score (nSPS) is 16.3. The largest absolute Gasteiger partial charge is 0.409 e. The van der Waals surface area contributed by atoms with E-state index in [2.05, 4.69) is 24.3 Å². The average Bonchev–Trinajstić information content (AvgIpc) is 2.23. The van der Waals surface area contributed by atoms with Crippen LogP contribution >= 0.6 is 0 Å². The average molecular weight is 215 g/mol. The van der Waals surface area contributed by atoms with Crippen LogP contribution in [-0.4, -0.2) is 23.1 Å². The van der Waals surface area contributed by atoms with Crippen LogP contribution < -0.4 is 11.1 Å².